The Labute approximate surface area is 104 Å². The highest BCUT2D eigenvalue weighted by Gasteiger charge is 2.27. The molecule has 1 saturated carbocycles. The molecule has 0 spiro atoms. The molecule has 2 atom stereocenters. The topological polar surface area (TPSA) is 29.3 Å². The van der Waals surface area contributed by atoms with Gasteiger partial charge in [0, 0.05) is 25.2 Å². The first kappa shape index (κ1) is 11.2. The van der Waals surface area contributed by atoms with Crippen molar-refractivity contribution in [2.75, 3.05) is 13.1 Å². The van der Waals surface area contributed by atoms with E-state index in [1.54, 1.807) is 11.1 Å². The average Bonchev–Trinajstić information content (AvgIpc) is 2.66. The van der Waals surface area contributed by atoms with Crippen molar-refractivity contribution in [3.8, 4) is 0 Å². The lowest BCUT2D eigenvalue weighted by Gasteiger charge is -2.27. The molecule has 2 unspecified atom stereocenters. The van der Waals surface area contributed by atoms with Gasteiger partial charge < -0.3 is 5.73 Å². The molecule has 1 aliphatic heterocycles. The largest absolute Gasteiger partial charge is 0.328 e. The minimum atomic E-state index is 0.450. The van der Waals surface area contributed by atoms with E-state index in [9.17, 15) is 0 Å². The maximum absolute atomic E-state index is 6.03. The van der Waals surface area contributed by atoms with Crippen LogP contribution in [0, 0.1) is 0 Å². The van der Waals surface area contributed by atoms with E-state index in [-0.39, 0.29) is 0 Å². The van der Waals surface area contributed by atoms with Gasteiger partial charge in [-0.05, 0) is 43.2 Å². The van der Waals surface area contributed by atoms with Gasteiger partial charge in [-0.25, -0.2) is 0 Å². The van der Waals surface area contributed by atoms with E-state index in [1.165, 1.54) is 45.2 Å². The molecule has 0 bridgehead atoms. The Morgan fingerprint density at radius 1 is 1.00 bits per heavy atom. The number of rotatable bonds is 1. The highest BCUT2D eigenvalue weighted by Crippen LogP contribution is 2.25. The van der Waals surface area contributed by atoms with Crippen LogP contribution in [0.25, 0.3) is 0 Å². The normalized spacial score (nSPS) is 29.9. The maximum Gasteiger partial charge on any atom is 0.0111 e. The molecule has 1 fully saturated rings. The summed E-state index contributed by atoms with van der Waals surface area (Å²) >= 11 is 0. The predicted octanol–water partition coefficient (Wildman–Crippen LogP) is 1.97. The van der Waals surface area contributed by atoms with E-state index in [1.807, 2.05) is 0 Å². The summed E-state index contributed by atoms with van der Waals surface area (Å²) in [6, 6.07) is 10.1. The molecule has 1 aromatic rings. The number of benzene rings is 1. The van der Waals surface area contributed by atoms with Crippen molar-refractivity contribution < 1.29 is 0 Å². The van der Waals surface area contributed by atoms with Gasteiger partial charge in [-0.1, -0.05) is 24.3 Å². The molecule has 92 valence electrons. The summed E-state index contributed by atoms with van der Waals surface area (Å²) in [6.45, 7) is 2.43. The molecule has 1 heterocycles. The maximum atomic E-state index is 6.03. The van der Waals surface area contributed by atoms with E-state index < -0.39 is 0 Å². The molecule has 3 rings (SSSR count). The quantitative estimate of drug-likeness (QED) is 0.799. The van der Waals surface area contributed by atoms with E-state index in [4.69, 9.17) is 5.73 Å². The fourth-order valence-electron chi connectivity index (χ4n) is 3.37. The highest BCUT2D eigenvalue weighted by atomic mass is 15.2. The third kappa shape index (κ3) is 2.38. The Morgan fingerprint density at radius 2 is 1.65 bits per heavy atom. The summed E-state index contributed by atoms with van der Waals surface area (Å²) < 4.78 is 0. The van der Waals surface area contributed by atoms with Crippen LogP contribution in [0.1, 0.15) is 30.4 Å². The Kier molecular flexibility index (Phi) is 3.17. The van der Waals surface area contributed by atoms with Crippen LogP contribution in [0.3, 0.4) is 0 Å². The number of fused-ring (bicyclic) bond motifs is 1. The van der Waals surface area contributed by atoms with Crippen LogP contribution in [0.15, 0.2) is 24.3 Å². The second kappa shape index (κ2) is 4.79. The van der Waals surface area contributed by atoms with Gasteiger partial charge in [-0.15, -0.1) is 0 Å². The molecule has 0 radical (unpaired) electrons. The summed E-state index contributed by atoms with van der Waals surface area (Å²) in [5.41, 5.74) is 9.13. The fraction of sp³-hybridized carbons (Fsp3) is 0.600. The molecule has 0 aromatic heterocycles. The van der Waals surface area contributed by atoms with Gasteiger partial charge in [-0.2, -0.15) is 0 Å². The third-order valence-electron chi connectivity index (χ3n) is 4.42. The summed E-state index contributed by atoms with van der Waals surface area (Å²) in [4.78, 5) is 2.67. The molecular formula is C15H22N2. The molecular weight excluding hydrogens is 208 g/mol. The summed E-state index contributed by atoms with van der Waals surface area (Å²) in [5, 5.41) is 0. The van der Waals surface area contributed by atoms with Crippen LogP contribution >= 0.6 is 0 Å². The zero-order valence-corrected chi connectivity index (χ0v) is 10.4. The van der Waals surface area contributed by atoms with Crippen molar-refractivity contribution in [2.45, 2.75) is 44.2 Å². The van der Waals surface area contributed by atoms with Crippen molar-refractivity contribution in [2.24, 2.45) is 5.73 Å². The first-order chi connectivity index (χ1) is 8.33. The number of nitrogens with two attached hydrogens (primary N) is 1. The van der Waals surface area contributed by atoms with E-state index in [0.29, 0.717) is 6.04 Å². The fourth-order valence-corrected chi connectivity index (χ4v) is 3.37. The van der Waals surface area contributed by atoms with Gasteiger partial charge in [0.2, 0.25) is 0 Å². The zero-order valence-electron chi connectivity index (χ0n) is 10.4. The van der Waals surface area contributed by atoms with Crippen molar-refractivity contribution in [1.82, 2.24) is 4.90 Å². The van der Waals surface area contributed by atoms with Crippen LogP contribution in [0.5, 0.6) is 0 Å². The molecule has 2 N–H and O–H groups in total. The van der Waals surface area contributed by atoms with Crippen molar-refractivity contribution >= 4 is 0 Å². The summed E-state index contributed by atoms with van der Waals surface area (Å²) in [6.07, 6.45) is 6.14. The average molecular weight is 230 g/mol. The van der Waals surface area contributed by atoms with Crippen molar-refractivity contribution in [1.29, 1.82) is 0 Å². The predicted molar refractivity (Wildman–Crippen MR) is 71.0 cm³/mol. The smallest absolute Gasteiger partial charge is 0.0111 e. The van der Waals surface area contributed by atoms with Gasteiger partial charge in [0.15, 0.2) is 0 Å². The molecule has 1 aliphatic carbocycles. The molecule has 0 saturated heterocycles. The van der Waals surface area contributed by atoms with E-state index in [2.05, 4.69) is 29.2 Å². The lowest BCUT2D eigenvalue weighted by molar-refractivity contribution is 0.207. The Hall–Kier alpha value is -0.860. The van der Waals surface area contributed by atoms with Gasteiger partial charge in [0.25, 0.3) is 0 Å². The Bertz CT molecular complexity index is 361. The Balaban J connectivity index is 1.69. The minimum Gasteiger partial charge on any atom is -0.328 e. The van der Waals surface area contributed by atoms with Gasteiger partial charge in [0.1, 0.15) is 0 Å². The number of nitrogens with zero attached hydrogens (tertiary/aromatic N) is 1. The third-order valence-corrected chi connectivity index (χ3v) is 4.42. The highest BCUT2D eigenvalue weighted by molar-refractivity contribution is 5.28. The van der Waals surface area contributed by atoms with Crippen molar-refractivity contribution in [3.05, 3.63) is 35.4 Å². The standard InChI is InChI=1S/C15H22N2/c16-14-5-6-15(11-14)17-9-7-12-3-1-2-4-13(12)8-10-17/h1-4,14-15H,5-11,16H2. The summed E-state index contributed by atoms with van der Waals surface area (Å²) in [5.74, 6) is 0. The van der Waals surface area contributed by atoms with Crippen LogP contribution in [-0.4, -0.2) is 30.1 Å². The van der Waals surface area contributed by atoms with Gasteiger partial charge >= 0.3 is 0 Å². The van der Waals surface area contributed by atoms with E-state index in [0.717, 1.165) is 6.04 Å². The summed E-state index contributed by atoms with van der Waals surface area (Å²) in [7, 11) is 0. The van der Waals surface area contributed by atoms with Crippen LogP contribution in [0.2, 0.25) is 0 Å². The molecule has 0 amide bonds. The molecule has 2 nitrogen and oxygen atoms in total. The SMILES string of the molecule is NC1CCC(N2CCc3ccccc3CC2)C1. The lowest BCUT2D eigenvalue weighted by Crippen LogP contribution is -2.36. The second-order valence-corrected chi connectivity index (χ2v) is 5.53. The van der Waals surface area contributed by atoms with Crippen LogP contribution < -0.4 is 5.73 Å². The molecule has 1 aromatic carbocycles. The molecule has 17 heavy (non-hydrogen) atoms. The van der Waals surface area contributed by atoms with Crippen LogP contribution in [0.4, 0.5) is 0 Å². The van der Waals surface area contributed by atoms with Gasteiger partial charge in [-0.3, -0.25) is 4.90 Å². The zero-order chi connectivity index (χ0) is 11.7. The minimum absolute atomic E-state index is 0.450. The van der Waals surface area contributed by atoms with Crippen molar-refractivity contribution in [3.63, 3.8) is 0 Å². The lowest BCUT2D eigenvalue weighted by atomic mass is 10.0. The number of hydrogen-bond acceptors (Lipinski definition) is 2. The first-order valence-corrected chi connectivity index (χ1v) is 6.89. The number of hydrogen-bond donors (Lipinski definition) is 1. The molecule has 2 aliphatic rings. The van der Waals surface area contributed by atoms with E-state index >= 15 is 0 Å². The Morgan fingerprint density at radius 3 is 2.18 bits per heavy atom. The van der Waals surface area contributed by atoms with Gasteiger partial charge in [0.05, 0.1) is 0 Å². The monoisotopic (exact) mass is 230 g/mol. The second-order valence-electron chi connectivity index (χ2n) is 5.53. The van der Waals surface area contributed by atoms with Crippen LogP contribution in [-0.2, 0) is 12.8 Å². The molecule has 2 heteroatoms. The first-order valence-electron chi connectivity index (χ1n) is 6.89.